The lowest BCUT2D eigenvalue weighted by atomic mass is 10.3. The van der Waals surface area contributed by atoms with E-state index in [1.807, 2.05) is 0 Å². The Kier molecular flexibility index (Phi) is 4.73. The maximum atomic E-state index is 13.6. The quantitative estimate of drug-likeness (QED) is 0.725. The van der Waals surface area contributed by atoms with E-state index in [-0.39, 0.29) is 12.3 Å². The van der Waals surface area contributed by atoms with Gasteiger partial charge in [0.15, 0.2) is 29.1 Å². The smallest absolute Gasteiger partial charge is 0.261 e. The topological polar surface area (TPSA) is 90.6 Å². The Hall–Kier alpha value is -3.23. The second kappa shape index (κ2) is 7.12. The highest BCUT2D eigenvalue weighted by Gasteiger charge is 2.17. The number of rotatable bonds is 6. The number of nitrogens with zero attached hydrogens (tertiary/aromatic N) is 4. The van der Waals surface area contributed by atoms with E-state index in [0.29, 0.717) is 17.4 Å². The highest BCUT2D eigenvalue weighted by atomic mass is 19.1. The first-order valence-corrected chi connectivity index (χ1v) is 7.52. The maximum Gasteiger partial charge on any atom is 0.261 e. The molecule has 3 rings (SSSR count). The van der Waals surface area contributed by atoms with Crippen LogP contribution in [-0.2, 0) is 11.3 Å². The SMILES string of the molecule is COc1ccc2nnc(CNC(=O)[C@@H](C)Oc3ccccc3F)n2n1. The number of aromatic nitrogens is 4. The van der Waals surface area contributed by atoms with E-state index in [1.165, 1.54) is 30.7 Å². The van der Waals surface area contributed by atoms with Gasteiger partial charge in [-0.2, -0.15) is 4.52 Å². The monoisotopic (exact) mass is 345 g/mol. The molecule has 0 unspecified atom stereocenters. The van der Waals surface area contributed by atoms with Crippen LogP contribution in [0, 0.1) is 5.82 Å². The minimum atomic E-state index is -0.876. The third-order valence-electron chi connectivity index (χ3n) is 3.44. The van der Waals surface area contributed by atoms with Crippen molar-refractivity contribution in [1.82, 2.24) is 25.1 Å². The molecule has 1 N–H and O–H groups in total. The van der Waals surface area contributed by atoms with E-state index in [9.17, 15) is 9.18 Å². The summed E-state index contributed by atoms with van der Waals surface area (Å²) in [5, 5.41) is 14.8. The molecular formula is C16H16FN5O3. The Bertz CT molecular complexity index is 898. The zero-order chi connectivity index (χ0) is 17.8. The van der Waals surface area contributed by atoms with Gasteiger partial charge in [0.05, 0.1) is 13.7 Å². The first kappa shape index (κ1) is 16.6. The molecule has 1 amide bonds. The number of fused-ring (bicyclic) bond motifs is 1. The number of carbonyl (C=O) groups excluding carboxylic acids is 1. The highest BCUT2D eigenvalue weighted by molar-refractivity contribution is 5.80. The molecule has 25 heavy (non-hydrogen) atoms. The number of ether oxygens (including phenoxy) is 2. The van der Waals surface area contributed by atoms with E-state index in [4.69, 9.17) is 9.47 Å². The molecule has 8 nitrogen and oxygen atoms in total. The van der Waals surface area contributed by atoms with Crippen molar-refractivity contribution in [1.29, 1.82) is 0 Å². The van der Waals surface area contributed by atoms with Gasteiger partial charge in [0, 0.05) is 6.07 Å². The van der Waals surface area contributed by atoms with Crippen molar-refractivity contribution in [2.75, 3.05) is 7.11 Å². The first-order valence-electron chi connectivity index (χ1n) is 7.52. The van der Waals surface area contributed by atoms with Crippen LogP contribution in [0.25, 0.3) is 5.65 Å². The van der Waals surface area contributed by atoms with Crippen LogP contribution in [0.4, 0.5) is 4.39 Å². The Labute approximate surface area is 142 Å². The Morgan fingerprint density at radius 2 is 2.08 bits per heavy atom. The fraction of sp³-hybridized carbons (Fsp3) is 0.250. The van der Waals surface area contributed by atoms with Crippen LogP contribution in [0.15, 0.2) is 36.4 Å². The number of hydrogen-bond donors (Lipinski definition) is 1. The number of methoxy groups -OCH3 is 1. The van der Waals surface area contributed by atoms with Crippen molar-refractivity contribution in [3.8, 4) is 11.6 Å². The molecule has 130 valence electrons. The molecule has 0 saturated heterocycles. The Morgan fingerprint density at radius 3 is 2.84 bits per heavy atom. The summed E-state index contributed by atoms with van der Waals surface area (Å²) in [4.78, 5) is 12.2. The van der Waals surface area contributed by atoms with Crippen molar-refractivity contribution in [3.63, 3.8) is 0 Å². The third-order valence-corrected chi connectivity index (χ3v) is 3.44. The van der Waals surface area contributed by atoms with Crippen LogP contribution in [-0.4, -0.2) is 38.9 Å². The minimum absolute atomic E-state index is 0.0180. The molecule has 0 spiro atoms. The van der Waals surface area contributed by atoms with Gasteiger partial charge < -0.3 is 14.8 Å². The van der Waals surface area contributed by atoms with Gasteiger partial charge in [-0.15, -0.1) is 15.3 Å². The van der Waals surface area contributed by atoms with Crippen molar-refractivity contribution in [3.05, 3.63) is 48.0 Å². The summed E-state index contributed by atoms with van der Waals surface area (Å²) in [5.41, 5.74) is 0.528. The molecule has 0 radical (unpaired) electrons. The van der Waals surface area contributed by atoms with Gasteiger partial charge in [-0.05, 0) is 25.1 Å². The number of halogens is 1. The molecule has 1 atom stereocenters. The molecule has 0 aliphatic heterocycles. The second-order valence-corrected chi connectivity index (χ2v) is 5.17. The predicted molar refractivity (Wildman–Crippen MR) is 85.7 cm³/mol. The maximum absolute atomic E-state index is 13.6. The van der Waals surface area contributed by atoms with Crippen LogP contribution in [0.1, 0.15) is 12.7 Å². The zero-order valence-electron chi connectivity index (χ0n) is 13.6. The average Bonchev–Trinajstić information content (AvgIpc) is 3.03. The molecule has 0 bridgehead atoms. The standard InChI is InChI=1S/C16H16FN5O3/c1-10(25-12-6-4-3-5-11(12)17)16(23)18-9-14-20-19-13-7-8-15(24-2)21-22(13)14/h3-8,10H,9H2,1-2H3,(H,18,23)/t10-/m1/s1. The number of amides is 1. The predicted octanol–water partition coefficient (Wildman–Crippen LogP) is 1.36. The van der Waals surface area contributed by atoms with Crippen LogP contribution >= 0.6 is 0 Å². The third kappa shape index (κ3) is 3.65. The summed E-state index contributed by atoms with van der Waals surface area (Å²) >= 11 is 0. The number of nitrogens with one attached hydrogen (secondary N) is 1. The van der Waals surface area contributed by atoms with E-state index in [1.54, 1.807) is 24.3 Å². The number of para-hydroxylation sites is 1. The minimum Gasteiger partial charge on any atom is -0.480 e. The van der Waals surface area contributed by atoms with Gasteiger partial charge in [0.25, 0.3) is 5.91 Å². The van der Waals surface area contributed by atoms with Crippen LogP contribution in [0.2, 0.25) is 0 Å². The van der Waals surface area contributed by atoms with Crippen molar-refractivity contribution in [2.45, 2.75) is 19.6 Å². The van der Waals surface area contributed by atoms with E-state index >= 15 is 0 Å². The summed E-state index contributed by atoms with van der Waals surface area (Å²) < 4.78 is 25.4. The van der Waals surface area contributed by atoms with E-state index in [0.717, 1.165) is 0 Å². The molecule has 9 heteroatoms. The van der Waals surface area contributed by atoms with E-state index < -0.39 is 17.8 Å². The van der Waals surface area contributed by atoms with Crippen molar-refractivity contribution >= 4 is 11.6 Å². The van der Waals surface area contributed by atoms with Gasteiger partial charge in [0.1, 0.15) is 0 Å². The molecule has 0 aliphatic rings. The summed E-state index contributed by atoms with van der Waals surface area (Å²) in [6.45, 7) is 1.62. The summed E-state index contributed by atoms with van der Waals surface area (Å²) in [5.74, 6) is -0.0919. The van der Waals surface area contributed by atoms with E-state index in [2.05, 4.69) is 20.6 Å². The van der Waals surface area contributed by atoms with Crippen LogP contribution < -0.4 is 14.8 Å². The van der Waals surface area contributed by atoms with Gasteiger partial charge >= 0.3 is 0 Å². The largest absolute Gasteiger partial charge is 0.480 e. The fourth-order valence-corrected chi connectivity index (χ4v) is 2.13. The lowest BCUT2D eigenvalue weighted by Crippen LogP contribution is -2.36. The molecule has 0 aliphatic carbocycles. The molecule has 2 aromatic heterocycles. The Balaban J connectivity index is 1.65. The normalized spacial score (nSPS) is 12.0. The second-order valence-electron chi connectivity index (χ2n) is 5.17. The van der Waals surface area contributed by atoms with Gasteiger partial charge in [-0.1, -0.05) is 12.1 Å². The molecule has 0 fully saturated rings. The summed E-state index contributed by atoms with van der Waals surface area (Å²) in [7, 11) is 1.50. The van der Waals surface area contributed by atoms with Crippen LogP contribution in [0.3, 0.4) is 0 Å². The van der Waals surface area contributed by atoms with Crippen LogP contribution in [0.5, 0.6) is 11.6 Å². The summed E-state index contributed by atoms with van der Waals surface area (Å²) in [6.07, 6.45) is -0.876. The first-order chi connectivity index (χ1) is 12.1. The molecular weight excluding hydrogens is 329 g/mol. The number of benzene rings is 1. The van der Waals surface area contributed by atoms with Crippen molar-refractivity contribution < 1.29 is 18.7 Å². The van der Waals surface area contributed by atoms with Gasteiger partial charge in [0.2, 0.25) is 5.88 Å². The molecule has 1 aromatic carbocycles. The summed E-state index contributed by atoms with van der Waals surface area (Å²) in [6, 6.07) is 9.27. The number of hydrogen-bond acceptors (Lipinski definition) is 6. The van der Waals surface area contributed by atoms with Crippen molar-refractivity contribution in [2.24, 2.45) is 0 Å². The zero-order valence-corrected chi connectivity index (χ0v) is 13.6. The van der Waals surface area contributed by atoms with Gasteiger partial charge in [-0.25, -0.2) is 4.39 Å². The average molecular weight is 345 g/mol. The lowest BCUT2D eigenvalue weighted by Gasteiger charge is -2.14. The fourth-order valence-electron chi connectivity index (χ4n) is 2.13. The molecule has 0 saturated carbocycles. The molecule has 2 heterocycles. The lowest BCUT2D eigenvalue weighted by molar-refractivity contribution is -0.127. The molecule has 3 aromatic rings. The highest BCUT2D eigenvalue weighted by Crippen LogP contribution is 2.17. The van der Waals surface area contributed by atoms with Gasteiger partial charge in [-0.3, -0.25) is 4.79 Å². The Morgan fingerprint density at radius 1 is 1.28 bits per heavy atom. The number of carbonyl (C=O) groups is 1.